The Bertz CT molecular complexity index is 1060. The van der Waals surface area contributed by atoms with Crippen LogP contribution in [0.5, 0.6) is 0 Å². The van der Waals surface area contributed by atoms with Crippen molar-refractivity contribution in [3.8, 4) is 0 Å². The molecule has 2 amide bonds. The Kier molecular flexibility index (Phi) is 5.97. The van der Waals surface area contributed by atoms with E-state index in [4.69, 9.17) is 27.6 Å². The van der Waals surface area contributed by atoms with E-state index in [-0.39, 0.29) is 11.8 Å². The van der Waals surface area contributed by atoms with Crippen LogP contribution in [0.25, 0.3) is 0 Å². The van der Waals surface area contributed by atoms with Crippen LogP contribution in [-0.4, -0.2) is 42.9 Å². The molecule has 3 aromatic rings. The highest BCUT2D eigenvalue weighted by Gasteiger charge is 2.24. The highest BCUT2D eigenvalue weighted by molar-refractivity contribution is 6.35. The number of nitrogens with zero attached hydrogens (tertiary/aromatic N) is 2. The van der Waals surface area contributed by atoms with Crippen LogP contribution in [0.3, 0.4) is 0 Å². The molecule has 2 aromatic carbocycles. The van der Waals surface area contributed by atoms with E-state index in [1.807, 2.05) is 6.07 Å². The van der Waals surface area contributed by atoms with Crippen molar-refractivity contribution in [3.05, 3.63) is 82.2 Å². The van der Waals surface area contributed by atoms with E-state index >= 15 is 0 Å². The molecule has 0 saturated carbocycles. The lowest BCUT2D eigenvalue weighted by Crippen LogP contribution is -2.48. The Morgan fingerprint density at radius 2 is 1.67 bits per heavy atom. The molecule has 1 fully saturated rings. The van der Waals surface area contributed by atoms with Gasteiger partial charge >= 0.3 is 0 Å². The van der Waals surface area contributed by atoms with Crippen molar-refractivity contribution < 1.29 is 14.0 Å². The number of hydrogen-bond donors (Lipinski definition) is 1. The average Bonchev–Trinajstić information content (AvgIpc) is 3.29. The molecule has 154 valence electrons. The highest BCUT2D eigenvalue weighted by Crippen LogP contribution is 2.30. The summed E-state index contributed by atoms with van der Waals surface area (Å²) < 4.78 is 5.19. The van der Waals surface area contributed by atoms with Crippen LogP contribution in [0, 0.1) is 0 Å². The largest absolute Gasteiger partial charge is 0.459 e. The summed E-state index contributed by atoms with van der Waals surface area (Å²) in [4.78, 5) is 28.7. The third-order valence-electron chi connectivity index (χ3n) is 4.96. The molecule has 2 heterocycles. The average molecular weight is 444 g/mol. The summed E-state index contributed by atoms with van der Waals surface area (Å²) in [5.41, 5.74) is 1.84. The summed E-state index contributed by atoms with van der Waals surface area (Å²) in [6, 6.07) is 15.6. The zero-order valence-corrected chi connectivity index (χ0v) is 17.5. The second-order valence-corrected chi connectivity index (χ2v) is 7.67. The number of halogens is 2. The Hall–Kier alpha value is -2.96. The maximum Gasteiger partial charge on any atom is 0.289 e. The SMILES string of the molecule is O=C(Nc1ccc(N2CCN(C(=O)c3ccco3)CC2)c(Cl)c1)c1ccccc1Cl. The smallest absolute Gasteiger partial charge is 0.289 e. The molecule has 30 heavy (non-hydrogen) atoms. The quantitative estimate of drug-likeness (QED) is 0.628. The van der Waals surface area contributed by atoms with E-state index in [1.165, 1.54) is 6.26 Å². The predicted molar refractivity (Wildman–Crippen MR) is 118 cm³/mol. The van der Waals surface area contributed by atoms with Crippen molar-refractivity contribution in [1.82, 2.24) is 4.90 Å². The summed E-state index contributed by atoms with van der Waals surface area (Å²) in [5.74, 6) is -0.0575. The summed E-state index contributed by atoms with van der Waals surface area (Å²) >= 11 is 12.6. The van der Waals surface area contributed by atoms with Gasteiger partial charge in [0.15, 0.2) is 5.76 Å². The summed E-state index contributed by atoms with van der Waals surface area (Å²) in [5, 5.41) is 3.73. The van der Waals surface area contributed by atoms with Crippen LogP contribution in [0.4, 0.5) is 11.4 Å². The molecule has 0 aliphatic carbocycles. The fraction of sp³-hybridized carbons (Fsp3) is 0.182. The van der Waals surface area contributed by atoms with E-state index in [0.29, 0.717) is 53.2 Å². The number of benzene rings is 2. The van der Waals surface area contributed by atoms with Crippen molar-refractivity contribution in [2.75, 3.05) is 36.4 Å². The number of piperazine rings is 1. The van der Waals surface area contributed by atoms with Crippen LogP contribution < -0.4 is 10.2 Å². The van der Waals surface area contributed by atoms with Crippen molar-refractivity contribution in [2.45, 2.75) is 0 Å². The maximum atomic E-state index is 12.4. The van der Waals surface area contributed by atoms with Crippen molar-refractivity contribution in [1.29, 1.82) is 0 Å². The number of hydrogen-bond acceptors (Lipinski definition) is 4. The van der Waals surface area contributed by atoms with E-state index in [0.717, 1.165) is 5.69 Å². The first kappa shape index (κ1) is 20.3. The first-order valence-electron chi connectivity index (χ1n) is 9.46. The second-order valence-electron chi connectivity index (χ2n) is 6.86. The number of amides is 2. The number of nitrogens with one attached hydrogen (secondary N) is 1. The van der Waals surface area contributed by atoms with E-state index < -0.39 is 0 Å². The number of carbonyl (C=O) groups is 2. The van der Waals surface area contributed by atoms with Crippen LogP contribution >= 0.6 is 23.2 Å². The van der Waals surface area contributed by atoms with Crippen LogP contribution in [0.1, 0.15) is 20.9 Å². The molecule has 0 radical (unpaired) electrons. The molecule has 0 atom stereocenters. The number of furan rings is 1. The molecule has 1 aliphatic heterocycles. The van der Waals surface area contributed by atoms with Gasteiger partial charge in [0.25, 0.3) is 11.8 Å². The van der Waals surface area contributed by atoms with E-state index in [2.05, 4.69) is 10.2 Å². The first-order chi connectivity index (χ1) is 14.5. The molecule has 0 bridgehead atoms. The molecule has 1 aliphatic rings. The molecule has 8 heteroatoms. The fourth-order valence-electron chi connectivity index (χ4n) is 3.39. The first-order valence-corrected chi connectivity index (χ1v) is 10.2. The predicted octanol–water partition coefficient (Wildman–Crippen LogP) is 4.80. The van der Waals surface area contributed by atoms with Crippen LogP contribution in [-0.2, 0) is 0 Å². The van der Waals surface area contributed by atoms with Gasteiger partial charge in [0.05, 0.1) is 27.6 Å². The maximum absolute atomic E-state index is 12.4. The van der Waals surface area contributed by atoms with Gasteiger partial charge in [0, 0.05) is 31.9 Å². The lowest BCUT2D eigenvalue weighted by atomic mass is 10.2. The van der Waals surface area contributed by atoms with Gasteiger partial charge in [0.2, 0.25) is 0 Å². The molecular formula is C22H19Cl2N3O3. The topological polar surface area (TPSA) is 65.8 Å². The van der Waals surface area contributed by atoms with Crippen molar-refractivity contribution in [2.24, 2.45) is 0 Å². The third kappa shape index (κ3) is 4.30. The van der Waals surface area contributed by atoms with Crippen LogP contribution in [0.15, 0.2) is 65.3 Å². The van der Waals surface area contributed by atoms with E-state index in [1.54, 1.807) is 53.4 Å². The summed E-state index contributed by atoms with van der Waals surface area (Å²) in [6.07, 6.45) is 1.50. The van der Waals surface area contributed by atoms with Crippen LogP contribution in [0.2, 0.25) is 10.0 Å². The van der Waals surface area contributed by atoms with Gasteiger partial charge in [-0.1, -0.05) is 35.3 Å². The Morgan fingerprint density at radius 1 is 0.900 bits per heavy atom. The normalized spacial score (nSPS) is 13.9. The van der Waals surface area contributed by atoms with Gasteiger partial charge in [-0.3, -0.25) is 9.59 Å². The minimum absolute atomic E-state index is 0.108. The lowest BCUT2D eigenvalue weighted by Gasteiger charge is -2.36. The minimum Gasteiger partial charge on any atom is -0.459 e. The monoisotopic (exact) mass is 443 g/mol. The summed E-state index contributed by atoms with van der Waals surface area (Å²) in [7, 11) is 0. The molecular weight excluding hydrogens is 425 g/mol. The Morgan fingerprint density at radius 3 is 2.33 bits per heavy atom. The third-order valence-corrected chi connectivity index (χ3v) is 5.60. The second kappa shape index (κ2) is 8.81. The molecule has 1 aromatic heterocycles. The van der Waals surface area contributed by atoms with E-state index in [9.17, 15) is 9.59 Å². The molecule has 6 nitrogen and oxygen atoms in total. The molecule has 1 saturated heterocycles. The van der Waals surface area contributed by atoms with Gasteiger partial charge in [-0.2, -0.15) is 0 Å². The Balaban J connectivity index is 1.40. The number of anilines is 2. The van der Waals surface area contributed by atoms with Crippen molar-refractivity contribution >= 4 is 46.4 Å². The van der Waals surface area contributed by atoms with Gasteiger partial charge in [0.1, 0.15) is 0 Å². The molecule has 4 rings (SSSR count). The fourth-order valence-corrected chi connectivity index (χ4v) is 3.91. The standard InChI is InChI=1S/C22H19Cl2N3O3/c23-17-5-2-1-4-16(17)21(28)25-15-7-8-19(18(24)14-15)26-9-11-27(12-10-26)22(29)20-6-3-13-30-20/h1-8,13-14H,9-12H2,(H,25,28). The summed E-state index contributed by atoms with van der Waals surface area (Å²) in [6.45, 7) is 2.44. The highest BCUT2D eigenvalue weighted by atomic mass is 35.5. The van der Waals surface area contributed by atoms with Gasteiger partial charge < -0.3 is 19.5 Å². The zero-order valence-electron chi connectivity index (χ0n) is 16.0. The molecule has 1 N–H and O–H groups in total. The van der Waals surface area contributed by atoms with Gasteiger partial charge in [-0.15, -0.1) is 0 Å². The lowest BCUT2D eigenvalue weighted by molar-refractivity contribution is 0.0714. The number of carbonyl (C=O) groups excluding carboxylic acids is 2. The molecule has 0 unspecified atom stereocenters. The van der Waals surface area contributed by atoms with Crippen molar-refractivity contribution in [3.63, 3.8) is 0 Å². The number of rotatable bonds is 4. The van der Waals surface area contributed by atoms with Gasteiger partial charge in [-0.25, -0.2) is 0 Å². The Labute approximate surface area is 184 Å². The van der Waals surface area contributed by atoms with Gasteiger partial charge in [-0.05, 0) is 42.5 Å². The minimum atomic E-state index is -0.297. The zero-order chi connectivity index (χ0) is 21.1. The molecule has 0 spiro atoms.